The molecule has 128 valence electrons. The quantitative estimate of drug-likeness (QED) is 0.700. The van der Waals surface area contributed by atoms with E-state index in [9.17, 15) is 4.79 Å². The number of amides is 1. The number of nitrogens with zero attached hydrogens (tertiary/aromatic N) is 2. The standard InChI is InChI=1S/C20H21N3OS/c1-23(13-10-16-8-11-21-12-9-16)18-6-4-17(5-7-18)22-20(24)15-19-3-2-14-25-19/h2-9,11-12,14H,10,13,15H2,1H3,(H,22,24). The van der Waals surface area contributed by atoms with E-state index >= 15 is 0 Å². The number of aromatic nitrogens is 1. The number of thiophene rings is 1. The molecule has 0 aliphatic rings. The van der Waals surface area contributed by atoms with Crippen molar-refractivity contribution in [3.8, 4) is 0 Å². The minimum Gasteiger partial charge on any atom is -0.374 e. The summed E-state index contributed by atoms with van der Waals surface area (Å²) in [6.07, 6.45) is 5.04. The monoisotopic (exact) mass is 351 g/mol. The Morgan fingerprint density at radius 3 is 2.56 bits per heavy atom. The Kier molecular flexibility index (Phi) is 5.80. The van der Waals surface area contributed by atoms with Crippen molar-refractivity contribution in [2.24, 2.45) is 0 Å². The van der Waals surface area contributed by atoms with Crippen molar-refractivity contribution in [2.45, 2.75) is 12.8 Å². The fourth-order valence-corrected chi connectivity index (χ4v) is 3.25. The van der Waals surface area contributed by atoms with E-state index in [0.29, 0.717) is 6.42 Å². The molecule has 0 atom stereocenters. The average molecular weight is 351 g/mol. The number of anilines is 2. The van der Waals surface area contributed by atoms with Gasteiger partial charge in [0.2, 0.25) is 5.91 Å². The van der Waals surface area contributed by atoms with Gasteiger partial charge in [-0.1, -0.05) is 6.07 Å². The van der Waals surface area contributed by atoms with Crippen LogP contribution in [0.15, 0.2) is 66.3 Å². The first kappa shape index (κ1) is 17.2. The summed E-state index contributed by atoms with van der Waals surface area (Å²) in [7, 11) is 2.07. The fraction of sp³-hybridized carbons (Fsp3) is 0.200. The zero-order valence-corrected chi connectivity index (χ0v) is 15.0. The molecule has 25 heavy (non-hydrogen) atoms. The summed E-state index contributed by atoms with van der Waals surface area (Å²) in [6.45, 7) is 0.925. The smallest absolute Gasteiger partial charge is 0.229 e. The lowest BCUT2D eigenvalue weighted by Crippen LogP contribution is -2.20. The highest BCUT2D eigenvalue weighted by Gasteiger charge is 2.06. The fourth-order valence-electron chi connectivity index (χ4n) is 2.55. The largest absolute Gasteiger partial charge is 0.374 e. The molecular formula is C20H21N3OS. The molecule has 3 rings (SSSR count). The Bertz CT molecular complexity index is 786. The van der Waals surface area contributed by atoms with E-state index in [1.807, 2.05) is 66.3 Å². The number of hydrogen-bond acceptors (Lipinski definition) is 4. The van der Waals surface area contributed by atoms with Crippen LogP contribution >= 0.6 is 11.3 Å². The molecule has 4 nitrogen and oxygen atoms in total. The van der Waals surface area contributed by atoms with Crippen molar-refractivity contribution >= 4 is 28.6 Å². The number of likely N-dealkylation sites (N-methyl/N-ethyl adjacent to an activating group) is 1. The SMILES string of the molecule is CN(CCc1ccncc1)c1ccc(NC(=O)Cc2cccs2)cc1. The van der Waals surface area contributed by atoms with Crippen LogP contribution in [-0.4, -0.2) is 24.5 Å². The molecule has 2 aromatic heterocycles. The highest BCUT2D eigenvalue weighted by molar-refractivity contribution is 7.10. The Hall–Kier alpha value is -2.66. The lowest BCUT2D eigenvalue weighted by Gasteiger charge is -2.19. The third kappa shape index (κ3) is 5.16. The molecule has 0 radical (unpaired) electrons. The van der Waals surface area contributed by atoms with Gasteiger partial charge in [-0.3, -0.25) is 9.78 Å². The van der Waals surface area contributed by atoms with Crippen molar-refractivity contribution in [3.05, 3.63) is 76.7 Å². The molecule has 0 spiro atoms. The van der Waals surface area contributed by atoms with Gasteiger partial charge in [0.05, 0.1) is 6.42 Å². The van der Waals surface area contributed by atoms with Gasteiger partial charge in [-0.2, -0.15) is 0 Å². The highest BCUT2D eigenvalue weighted by atomic mass is 32.1. The first-order chi connectivity index (χ1) is 12.2. The van der Waals surface area contributed by atoms with Gasteiger partial charge in [-0.15, -0.1) is 11.3 Å². The van der Waals surface area contributed by atoms with Crippen molar-refractivity contribution in [2.75, 3.05) is 23.8 Å². The molecule has 0 aliphatic carbocycles. The molecule has 1 amide bonds. The molecule has 0 unspecified atom stereocenters. The van der Waals surface area contributed by atoms with Gasteiger partial charge in [0.15, 0.2) is 0 Å². The summed E-state index contributed by atoms with van der Waals surface area (Å²) in [6, 6.07) is 16.0. The van der Waals surface area contributed by atoms with Crippen LogP contribution in [0.4, 0.5) is 11.4 Å². The third-order valence-electron chi connectivity index (χ3n) is 3.99. The maximum absolute atomic E-state index is 12.0. The maximum Gasteiger partial charge on any atom is 0.229 e. The number of benzene rings is 1. The van der Waals surface area contributed by atoms with Gasteiger partial charge >= 0.3 is 0 Å². The van der Waals surface area contributed by atoms with Gasteiger partial charge in [0, 0.05) is 42.2 Å². The second-order valence-corrected chi connectivity index (χ2v) is 6.91. The van der Waals surface area contributed by atoms with Gasteiger partial charge in [-0.25, -0.2) is 0 Å². The van der Waals surface area contributed by atoms with Crippen LogP contribution < -0.4 is 10.2 Å². The van der Waals surface area contributed by atoms with Crippen LogP contribution in [0.25, 0.3) is 0 Å². The Labute approximate surface area is 152 Å². The summed E-state index contributed by atoms with van der Waals surface area (Å²) < 4.78 is 0. The van der Waals surface area contributed by atoms with E-state index in [-0.39, 0.29) is 5.91 Å². The van der Waals surface area contributed by atoms with E-state index < -0.39 is 0 Å². The number of carbonyl (C=O) groups excluding carboxylic acids is 1. The van der Waals surface area contributed by atoms with Crippen LogP contribution in [-0.2, 0) is 17.6 Å². The lowest BCUT2D eigenvalue weighted by atomic mass is 10.2. The van der Waals surface area contributed by atoms with Crippen molar-refractivity contribution in [1.82, 2.24) is 4.98 Å². The van der Waals surface area contributed by atoms with Gasteiger partial charge in [0.1, 0.15) is 0 Å². The first-order valence-electron chi connectivity index (χ1n) is 8.23. The van der Waals surface area contributed by atoms with Gasteiger partial charge in [0.25, 0.3) is 0 Å². The Morgan fingerprint density at radius 2 is 1.88 bits per heavy atom. The van der Waals surface area contributed by atoms with Crippen molar-refractivity contribution in [3.63, 3.8) is 0 Å². The molecule has 0 bridgehead atoms. The second-order valence-electron chi connectivity index (χ2n) is 5.88. The molecule has 1 aromatic carbocycles. The molecule has 2 heterocycles. The minimum absolute atomic E-state index is 0.0150. The summed E-state index contributed by atoms with van der Waals surface area (Å²) in [5, 5.41) is 4.93. The van der Waals surface area contributed by atoms with Crippen LogP contribution in [0.5, 0.6) is 0 Å². The molecular weight excluding hydrogens is 330 g/mol. The zero-order chi connectivity index (χ0) is 17.5. The van der Waals surface area contributed by atoms with Crippen LogP contribution in [0.3, 0.4) is 0 Å². The van der Waals surface area contributed by atoms with Crippen LogP contribution in [0.1, 0.15) is 10.4 Å². The lowest BCUT2D eigenvalue weighted by molar-refractivity contribution is -0.115. The van der Waals surface area contributed by atoms with Crippen LogP contribution in [0.2, 0.25) is 0 Å². The summed E-state index contributed by atoms with van der Waals surface area (Å²) in [5.74, 6) is 0.0150. The third-order valence-corrected chi connectivity index (χ3v) is 4.87. The molecule has 3 aromatic rings. The summed E-state index contributed by atoms with van der Waals surface area (Å²) in [4.78, 5) is 19.4. The summed E-state index contributed by atoms with van der Waals surface area (Å²) in [5.41, 5.74) is 3.23. The molecule has 1 N–H and O–H groups in total. The minimum atomic E-state index is 0.0150. The number of hydrogen-bond donors (Lipinski definition) is 1. The van der Waals surface area contributed by atoms with Crippen molar-refractivity contribution in [1.29, 1.82) is 0 Å². The predicted octanol–water partition coefficient (Wildman–Crippen LogP) is 4.00. The van der Waals surface area contributed by atoms with E-state index in [0.717, 1.165) is 29.2 Å². The molecule has 5 heteroatoms. The zero-order valence-electron chi connectivity index (χ0n) is 14.2. The average Bonchev–Trinajstić information content (AvgIpc) is 3.14. The number of pyridine rings is 1. The molecule has 0 saturated heterocycles. The normalized spacial score (nSPS) is 10.4. The number of rotatable bonds is 7. The molecule has 0 saturated carbocycles. The van der Waals surface area contributed by atoms with Gasteiger partial charge in [-0.05, 0) is 59.8 Å². The maximum atomic E-state index is 12.0. The van der Waals surface area contributed by atoms with E-state index in [1.54, 1.807) is 11.3 Å². The first-order valence-corrected chi connectivity index (χ1v) is 9.11. The Balaban J connectivity index is 1.51. The highest BCUT2D eigenvalue weighted by Crippen LogP contribution is 2.18. The van der Waals surface area contributed by atoms with Gasteiger partial charge < -0.3 is 10.2 Å². The second kappa shape index (κ2) is 8.44. The van der Waals surface area contributed by atoms with Crippen molar-refractivity contribution < 1.29 is 4.79 Å². The van der Waals surface area contributed by atoms with E-state index in [4.69, 9.17) is 0 Å². The molecule has 0 aliphatic heterocycles. The topological polar surface area (TPSA) is 45.2 Å². The Morgan fingerprint density at radius 1 is 1.12 bits per heavy atom. The number of carbonyl (C=O) groups is 1. The van der Waals surface area contributed by atoms with E-state index in [1.165, 1.54) is 5.56 Å². The predicted molar refractivity (Wildman–Crippen MR) is 104 cm³/mol. The molecule has 0 fully saturated rings. The number of nitrogens with one attached hydrogen (secondary N) is 1. The van der Waals surface area contributed by atoms with Crippen LogP contribution in [0, 0.1) is 0 Å². The van der Waals surface area contributed by atoms with E-state index in [2.05, 4.69) is 22.2 Å². The summed E-state index contributed by atoms with van der Waals surface area (Å²) >= 11 is 1.60.